The van der Waals surface area contributed by atoms with Gasteiger partial charge in [-0.2, -0.15) is 0 Å². The van der Waals surface area contributed by atoms with Gasteiger partial charge in [0.1, 0.15) is 12.4 Å². The molecule has 1 aromatic carbocycles. The van der Waals surface area contributed by atoms with Gasteiger partial charge >= 0.3 is 0 Å². The number of aliphatic imine (C=N–C) groups is 1. The molecule has 0 spiro atoms. The van der Waals surface area contributed by atoms with Crippen LogP contribution in [0, 0.1) is 6.92 Å². The largest absolute Gasteiger partial charge is 0.491 e. The van der Waals surface area contributed by atoms with E-state index in [1.165, 1.54) is 12.0 Å². The topological polar surface area (TPSA) is 58.1 Å². The molecule has 0 aromatic heterocycles. The van der Waals surface area contributed by atoms with Crippen molar-refractivity contribution in [3.63, 3.8) is 0 Å². The number of hydrogen-bond acceptors (Lipinski definition) is 4. The van der Waals surface area contributed by atoms with Gasteiger partial charge in [-0.05, 0) is 50.9 Å². The van der Waals surface area contributed by atoms with Gasteiger partial charge in [0.2, 0.25) is 0 Å². The van der Waals surface area contributed by atoms with E-state index < -0.39 is 0 Å². The molecule has 28 heavy (non-hydrogen) atoms. The van der Waals surface area contributed by atoms with Crippen LogP contribution in [-0.2, 0) is 11.3 Å². The third kappa shape index (κ3) is 7.68. The minimum Gasteiger partial charge on any atom is -0.491 e. The van der Waals surface area contributed by atoms with Crippen molar-refractivity contribution in [2.24, 2.45) is 4.99 Å². The minimum atomic E-state index is 0.223. The van der Waals surface area contributed by atoms with E-state index in [4.69, 9.17) is 9.47 Å². The Bertz CT molecular complexity index is 600. The lowest BCUT2D eigenvalue weighted by Gasteiger charge is -2.21. The number of hydrogen-bond donors (Lipinski definition) is 2. The van der Waals surface area contributed by atoms with Gasteiger partial charge in [-0.3, -0.25) is 4.99 Å². The van der Waals surface area contributed by atoms with Crippen LogP contribution in [0.4, 0.5) is 0 Å². The Labute approximate surface area is 170 Å². The zero-order valence-corrected chi connectivity index (χ0v) is 18.1. The van der Waals surface area contributed by atoms with Gasteiger partial charge in [-0.25, -0.2) is 0 Å². The summed E-state index contributed by atoms with van der Waals surface area (Å²) in [5.74, 6) is 1.75. The molecule has 2 N–H and O–H groups in total. The predicted octanol–water partition coefficient (Wildman–Crippen LogP) is 2.95. The standard InChI is InChI=1S/C22H38N4O2/c1-5-12-26(6-2)13-11-24-22(23-4)25-16-19-10-9-18(3)15-21(19)28-17-20-8-7-14-27-20/h9-10,15,20H,5-8,11-14,16-17H2,1-4H3,(H2,23,24,25). The van der Waals surface area contributed by atoms with Gasteiger partial charge in [0.05, 0.1) is 6.10 Å². The van der Waals surface area contributed by atoms with Crippen molar-refractivity contribution >= 4 is 5.96 Å². The van der Waals surface area contributed by atoms with E-state index in [-0.39, 0.29) is 6.10 Å². The molecule has 0 saturated carbocycles. The molecule has 1 aliphatic heterocycles. The quantitative estimate of drug-likeness (QED) is 0.449. The molecular formula is C22H38N4O2. The third-order valence-electron chi connectivity index (χ3n) is 5.05. The fourth-order valence-electron chi connectivity index (χ4n) is 3.38. The summed E-state index contributed by atoms with van der Waals surface area (Å²) in [7, 11) is 1.81. The molecule has 6 nitrogen and oxygen atoms in total. The maximum Gasteiger partial charge on any atom is 0.191 e. The second-order valence-corrected chi connectivity index (χ2v) is 7.34. The minimum absolute atomic E-state index is 0.223. The monoisotopic (exact) mass is 390 g/mol. The Kier molecular flexibility index (Phi) is 10.1. The van der Waals surface area contributed by atoms with Crippen molar-refractivity contribution in [2.45, 2.75) is 52.7 Å². The average Bonchev–Trinajstić information content (AvgIpc) is 3.22. The number of aryl methyl sites for hydroxylation is 1. The second kappa shape index (κ2) is 12.6. The Morgan fingerprint density at radius 1 is 1.29 bits per heavy atom. The van der Waals surface area contributed by atoms with Gasteiger partial charge in [-0.15, -0.1) is 0 Å². The number of likely N-dealkylation sites (N-methyl/N-ethyl adjacent to an activating group) is 1. The van der Waals surface area contributed by atoms with Gasteiger partial charge in [-0.1, -0.05) is 26.0 Å². The first-order chi connectivity index (χ1) is 13.7. The number of nitrogens with zero attached hydrogens (tertiary/aromatic N) is 2. The lowest BCUT2D eigenvalue weighted by atomic mass is 10.1. The SMILES string of the molecule is CCCN(CC)CCNC(=NC)NCc1ccc(C)cc1OCC1CCCO1. The molecule has 1 aliphatic rings. The number of ether oxygens (including phenoxy) is 2. The summed E-state index contributed by atoms with van der Waals surface area (Å²) in [6.45, 7) is 12.8. The highest BCUT2D eigenvalue weighted by Crippen LogP contribution is 2.22. The van der Waals surface area contributed by atoms with E-state index in [1.54, 1.807) is 0 Å². The van der Waals surface area contributed by atoms with Crippen molar-refractivity contribution in [2.75, 3.05) is 46.4 Å². The number of benzene rings is 1. The molecule has 6 heteroatoms. The van der Waals surface area contributed by atoms with Gasteiger partial charge < -0.3 is 25.0 Å². The smallest absolute Gasteiger partial charge is 0.191 e. The lowest BCUT2D eigenvalue weighted by Crippen LogP contribution is -2.41. The van der Waals surface area contributed by atoms with Crippen LogP contribution in [0.3, 0.4) is 0 Å². The molecule has 1 fully saturated rings. The number of rotatable bonds is 11. The second-order valence-electron chi connectivity index (χ2n) is 7.34. The van der Waals surface area contributed by atoms with Crippen LogP contribution in [0.5, 0.6) is 5.75 Å². The van der Waals surface area contributed by atoms with E-state index in [9.17, 15) is 0 Å². The Morgan fingerprint density at radius 3 is 2.82 bits per heavy atom. The molecule has 0 radical (unpaired) electrons. The predicted molar refractivity (Wildman–Crippen MR) is 116 cm³/mol. The average molecular weight is 391 g/mol. The van der Waals surface area contributed by atoms with Crippen LogP contribution in [-0.4, -0.2) is 63.4 Å². The van der Waals surface area contributed by atoms with Crippen molar-refractivity contribution in [3.05, 3.63) is 29.3 Å². The first kappa shape index (κ1) is 22.5. The fourth-order valence-corrected chi connectivity index (χ4v) is 3.38. The summed E-state index contributed by atoms with van der Waals surface area (Å²) < 4.78 is 11.8. The van der Waals surface area contributed by atoms with E-state index in [0.29, 0.717) is 13.2 Å². The molecule has 0 amide bonds. The van der Waals surface area contributed by atoms with E-state index >= 15 is 0 Å². The first-order valence-electron chi connectivity index (χ1n) is 10.7. The van der Waals surface area contributed by atoms with Crippen molar-refractivity contribution < 1.29 is 9.47 Å². The normalized spacial score (nSPS) is 17.2. The highest BCUT2D eigenvalue weighted by atomic mass is 16.5. The molecule has 1 aromatic rings. The molecule has 0 aliphatic carbocycles. The Hall–Kier alpha value is -1.79. The highest BCUT2D eigenvalue weighted by molar-refractivity contribution is 5.79. The number of nitrogens with one attached hydrogen (secondary N) is 2. The Morgan fingerprint density at radius 2 is 2.14 bits per heavy atom. The summed E-state index contributed by atoms with van der Waals surface area (Å²) in [5.41, 5.74) is 2.33. The van der Waals surface area contributed by atoms with E-state index in [0.717, 1.165) is 62.9 Å². The van der Waals surface area contributed by atoms with Crippen LogP contribution in [0.25, 0.3) is 0 Å². The summed E-state index contributed by atoms with van der Waals surface area (Å²) in [6.07, 6.45) is 3.62. The molecular weight excluding hydrogens is 352 g/mol. The maximum absolute atomic E-state index is 6.09. The molecule has 2 rings (SSSR count). The summed E-state index contributed by atoms with van der Waals surface area (Å²) in [5, 5.41) is 6.81. The number of guanidine groups is 1. The van der Waals surface area contributed by atoms with E-state index in [2.05, 4.69) is 59.5 Å². The first-order valence-corrected chi connectivity index (χ1v) is 10.7. The zero-order valence-electron chi connectivity index (χ0n) is 18.1. The fraction of sp³-hybridized carbons (Fsp3) is 0.682. The van der Waals surface area contributed by atoms with Crippen molar-refractivity contribution in [1.82, 2.24) is 15.5 Å². The highest BCUT2D eigenvalue weighted by Gasteiger charge is 2.17. The summed E-state index contributed by atoms with van der Waals surface area (Å²) in [6, 6.07) is 6.35. The molecule has 1 unspecified atom stereocenters. The third-order valence-corrected chi connectivity index (χ3v) is 5.05. The Balaban J connectivity index is 1.83. The van der Waals surface area contributed by atoms with Crippen LogP contribution in [0.15, 0.2) is 23.2 Å². The zero-order chi connectivity index (χ0) is 20.2. The van der Waals surface area contributed by atoms with Crippen LogP contribution >= 0.6 is 0 Å². The van der Waals surface area contributed by atoms with E-state index in [1.807, 2.05) is 7.05 Å². The van der Waals surface area contributed by atoms with Gasteiger partial charge in [0.25, 0.3) is 0 Å². The van der Waals surface area contributed by atoms with Crippen molar-refractivity contribution in [1.29, 1.82) is 0 Å². The van der Waals surface area contributed by atoms with Crippen LogP contribution in [0.2, 0.25) is 0 Å². The van der Waals surface area contributed by atoms with Crippen LogP contribution < -0.4 is 15.4 Å². The molecule has 158 valence electrons. The molecule has 1 atom stereocenters. The summed E-state index contributed by atoms with van der Waals surface area (Å²) in [4.78, 5) is 6.78. The molecule has 1 saturated heterocycles. The van der Waals surface area contributed by atoms with Gasteiger partial charge in [0.15, 0.2) is 5.96 Å². The molecule has 1 heterocycles. The summed E-state index contributed by atoms with van der Waals surface area (Å²) >= 11 is 0. The lowest BCUT2D eigenvalue weighted by molar-refractivity contribution is 0.0676. The van der Waals surface area contributed by atoms with Crippen molar-refractivity contribution in [3.8, 4) is 5.75 Å². The molecule has 0 bridgehead atoms. The maximum atomic E-state index is 6.09. The van der Waals surface area contributed by atoms with Gasteiger partial charge in [0, 0.05) is 38.9 Å². The van der Waals surface area contributed by atoms with Crippen LogP contribution in [0.1, 0.15) is 44.2 Å².